The molecule has 7 heteroatoms. The van der Waals surface area contributed by atoms with Gasteiger partial charge in [-0.05, 0) is 68.7 Å². The van der Waals surface area contributed by atoms with Crippen molar-refractivity contribution in [1.29, 1.82) is 0 Å². The van der Waals surface area contributed by atoms with Crippen LogP contribution in [0.4, 0.5) is 0 Å². The molecule has 0 saturated carbocycles. The zero-order chi connectivity index (χ0) is 22.4. The highest BCUT2D eigenvalue weighted by Crippen LogP contribution is 2.25. The zero-order valence-corrected chi connectivity index (χ0v) is 20.2. The van der Waals surface area contributed by atoms with Gasteiger partial charge in [0.1, 0.15) is 0 Å². The molecule has 2 saturated heterocycles. The number of nitrogens with one attached hydrogen (secondary N) is 1. The lowest BCUT2D eigenvalue weighted by Crippen LogP contribution is -2.45. The molecule has 2 fully saturated rings. The van der Waals surface area contributed by atoms with Gasteiger partial charge in [-0.3, -0.25) is 9.59 Å². The minimum Gasteiger partial charge on any atom is -0.356 e. The number of rotatable bonds is 7. The molecule has 1 aromatic rings. The van der Waals surface area contributed by atoms with Gasteiger partial charge in [-0.25, -0.2) is 0 Å². The van der Waals surface area contributed by atoms with Crippen LogP contribution in [0.3, 0.4) is 0 Å². The van der Waals surface area contributed by atoms with Crippen LogP contribution in [0.5, 0.6) is 0 Å². The maximum absolute atomic E-state index is 12.8. The summed E-state index contributed by atoms with van der Waals surface area (Å²) in [7, 11) is 0. The smallest absolute Gasteiger partial charge is 0.253 e. The number of benzene rings is 1. The van der Waals surface area contributed by atoms with Gasteiger partial charge in [0.05, 0.1) is 16.0 Å². The minimum absolute atomic E-state index is 0.0619. The fraction of sp³-hybridized carbons (Fsp3) is 0.667. The highest BCUT2D eigenvalue weighted by Gasteiger charge is 2.29. The van der Waals surface area contributed by atoms with Gasteiger partial charge in [-0.1, -0.05) is 37.0 Å². The van der Waals surface area contributed by atoms with E-state index in [1.165, 1.54) is 19.5 Å². The molecule has 2 aliphatic heterocycles. The van der Waals surface area contributed by atoms with Gasteiger partial charge in [0, 0.05) is 38.3 Å². The van der Waals surface area contributed by atoms with E-state index in [-0.39, 0.29) is 17.7 Å². The van der Waals surface area contributed by atoms with Crippen LogP contribution in [0.1, 0.15) is 56.3 Å². The number of piperidine rings is 2. The highest BCUT2D eigenvalue weighted by molar-refractivity contribution is 6.42. The second kappa shape index (κ2) is 11.5. The normalized spacial score (nSPS) is 24.8. The topological polar surface area (TPSA) is 52.7 Å². The van der Waals surface area contributed by atoms with Gasteiger partial charge in [0.15, 0.2) is 0 Å². The summed E-state index contributed by atoms with van der Waals surface area (Å²) in [6, 6.07) is 4.92. The Morgan fingerprint density at radius 1 is 1.06 bits per heavy atom. The van der Waals surface area contributed by atoms with Gasteiger partial charge in [-0.15, -0.1) is 0 Å². The maximum atomic E-state index is 12.8. The Morgan fingerprint density at radius 2 is 1.81 bits per heavy atom. The Morgan fingerprint density at radius 3 is 2.52 bits per heavy atom. The van der Waals surface area contributed by atoms with Crippen LogP contribution in [0.15, 0.2) is 18.2 Å². The van der Waals surface area contributed by atoms with Crippen molar-refractivity contribution in [3.8, 4) is 0 Å². The summed E-state index contributed by atoms with van der Waals surface area (Å²) < 4.78 is 0. The van der Waals surface area contributed by atoms with E-state index in [0.29, 0.717) is 35.2 Å². The van der Waals surface area contributed by atoms with Crippen LogP contribution in [0.25, 0.3) is 0 Å². The van der Waals surface area contributed by atoms with Crippen LogP contribution in [0.2, 0.25) is 10.0 Å². The molecule has 0 aromatic heterocycles. The molecule has 5 nitrogen and oxygen atoms in total. The zero-order valence-electron chi connectivity index (χ0n) is 18.7. The van der Waals surface area contributed by atoms with Gasteiger partial charge in [0.25, 0.3) is 5.91 Å². The SMILES string of the molecule is CC1CC(C)CN(CCCCNC(=O)C2CCCN(C(=O)c3ccc(Cl)c(Cl)c3)C2)C1. The third-order valence-electron chi connectivity index (χ3n) is 6.39. The molecule has 172 valence electrons. The summed E-state index contributed by atoms with van der Waals surface area (Å²) >= 11 is 12.0. The number of halogens is 2. The third kappa shape index (κ3) is 7.10. The number of hydrogen-bond acceptors (Lipinski definition) is 3. The Bertz CT molecular complexity index is 763. The largest absolute Gasteiger partial charge is 0.356 e. The number of carbonyl (C=O) groups excluding carboxylic acids is 2. The van der Waals surface area contributed by atoms with Crippen molar-refractivity contribution >= 4 is 35.0 Å². The Kier molecular flexibility index (Phi) is 9.06. The molecule has 2 aliphatic rings. The van der Waals surface area contributed by atoms with E-state index in [9.17, 15) is 9.59 Å². The van der Waals surface area contributed by atoms with Crippen LogP contribution >= 0.6 is 23.2 Å². The van der Waals surface area contributed by atoms with E-state index < -0.39 is 0 Å². The van der Waals surface area contributed by atoms with Crippen molar-refractivity contribution in [2.75, 3.05) is 39.3 Å². The highest BCUT2D eigenvalue weighted by atomic mass is 35.5. The Hall–Kier alpha value is -1.30. The maximum Gasteiger partial charge on any atom is 0.253 e. The van der Waals surface area contributed by atoms with Crippen molar-refractivity contribution < 1.29 is 9.59 Å². The number of unbranched alkanes of at least 4 members (excludes halogenated alkanes) is 1. The molecule has 0 bridgehead atoms. The molecule has 1 aromatic carbocycles. The van der Waals surface area contributed by atoms with Gasteiger partial charge >= 0.3 is 0 Å². The van der Waals surface area contributed by atoms with E-state index in [2.05, 4.69) is 24.1 Å². The molecule has 3 atom stereocenters. The number of carbonyl (C=O) groups is 2. The summed E-state index contributed by atoms with van der Waals surface area (Å²) in [4.78, 5) is 29.8. The first-order chi connectivity index (χ1) is 14.8. The monoisotopic (exact) mass is 467 g/mol. The molecule has 1 N–H and O–H groups in total. The lowest BCUT2D eigenvalue weighted by molar-refractivity contribution is -0.126. The average Bonchev–Trinajstić information content (AvgIpc) is 2.74. The molecular formula is C24H35Cl2N3O2. The first kappa shape index (κ1) is 24.3. The van der Waals surface area contributed by atoms with Gasteiger partial charge < -0.3 is 15.1 Å². The number of amides is 2. The molecule has 3 unspecified atom stereocenters. The summed E-state index contributed by atoms with van der Waals surface area (Å²) in [6.45, 7) is 9.99. The van der Waals surface area contributed by atoms with E-state index in [4.69, 9.17) is 23.2 Å². The molecule has 0 radical (unpaired) electrons. The van der Waals surface area contributed by atoms with Crippen LogP contribution in [-0.4, -0.2) is 60.9 Å². The van der Waals surface area contributed by atoms with E-state index >= 15 is 0 Å². The van der Waals surface area contributed by atoms with Crippen molar-refractivity contribution in [2.45, 2.75) is 46.0 Å². The Balaban J connectivity index is 1.39. The van der Waals surface area contributed by atoms with Crippen LogP contribution < -0.4 is 5.32 Å². The number of likely N-dealkylation sites (tertiary alicyclic amines) is 2. The van der Waals surface area contributed by atoms with Crippen LogP contribution in [0, 0.1) is 17.8 Å². The van der Waals surface area contributed by atoms with E-state index in [1.807, 2.05) is 0 Å². The molecule has 2 heterocycles. The summed E-state index contributed by atoms with van der Waals surface area (Å²) in [5, 5.41) is 3.89. The first-order valence-corrected chi connectivity index (χ1v) is 12.3. The van der Waals surface area contributed by atoms with E-state index in [1.54, 1.807) is 23.1 Å². The molecule has 0 aliphatic carbocycles. The molecule has 31 heavy (non-hydrogen) atoms. The molecule has 3 rings (SSSR count). The quantitative estimate of drug-likeness (QED) is 0.590. The molecule has 0 spiro atoms. The van der Waals surface area contributed by atoms with E-state index in [0.717, 1.165) is 44.1 Å². The standard InChI is InChI=1S/C24H35Cl2N3O2/c1-17-12-18(2)15-28(14-17)10-4-3-9-27-23(30)20-6-5-11-29(16-20)24(31)19-7-8-21(25)22(26)13-19/h7-8,13,17-18,20H,3-6,9-12,14-16H2,1-2H3,(H,27,30). The van der Waals surface area contributed by atoms with Crippen molar-refractivity contribution in [3.05, 3.63) is 33.8 Å². The molecule has 2 amide bonds. The summed E-state index contributed by atoms with van der Waals surface area (Å²) in [5.74, 6) is 1.38. The number of hydrogen-bond donors (Lipinski definition) is 1. The average molecular weight is 468 g/mol. The molecular weight excluding hydrogens is 433 g/mol. The first-order valence-electron chi connectivity index (χ1n) is 11.6. The summed E-state index contributed by atoms with van der Waals surface area (Å²) in [6.07, 6.45) is 5.07. The Labute approximate surface area is 196 Å². The van der Waals surface area contributed by atoms with Crippen molar-refractivity contribution in [2.24, 2.45) is 17.8 Å². The predicted molar refractivity (Wildman–Crippen MR) is 127 cm³/mol. The number of nitrogens with zero attached hydrogens (tertiary/aromatic N) is 2. The van der Waals surface area contributed by atoms with Crippen LogP contribution in [-0.2, 0) is 4.79 Å². The minimum atomic E-state index is -0.149. The van der Waals surface area contributed by atoms with Crippen molar-refractivity contribution in [3.63, 3.8) is 0 Å². The lowest BCUT2D eigenvalue weighted by Gasteiger charge is -2.35. The lowest BCUT2D eigenvalue weighted by atomic mass is 9.92. The predicted octanol–water partition coefficient (Wildman–Crippen LogP) is 4.72. The van der Waals surface area contributed by atoms with Gasteiger partial charge in [-0.2, -0.15) is 0 Å². The van der Waals surface area contributed by atoms with Gasteiger partial charge in [0.2, 0.25) is 5.91 Å². The third-order valence-corrected chi connectivity index (χ3v) is 7.13. The summed E-state index contributed by atoms with van der Waals surface area (Å²) in [5.41, 5.74) is 0.511. The fourth-order valence-corrected chi connectivity index (χ4v) is 5.28. The fourth-order valence-electron chi connectivity index (χ4n) is 4.98. The second-order valence-corrected chi connectivity index (χ2v) is 10.2. The van der Waals surface area contributed by atoms with Crippen molar-refractivity contribution in [1.82, 2.24) is 15.1 Å². The second-order valence-electron chi connectivity index (χ2n) is 9.42.